The number of fused-ring (bicyclic) bond motifs is 3. The van der Waals surface area contributed by atoms with Gasteiger partial charge in [0.05, 0.1) is 23.9 Å². The number of benzene rings is 1. The first-order valence-electron chi connectivity index (χ1n) is 10.2. The Morgan fingerprint density at radius 2 is 2.13 bits per heavy atom. The minimum absolute atomic E-state index is 0.0691. The van der Waals surface area contributed by atoms with Crippen molar-refractivity contribution in [1.29, 1.82) is 0 Å². The number of piperidine rings is 1. The molecule has 3 aromatic rings. The second-order valence-electron chi connectivity index (χ2n) is 8.26. The molecule has 0 unspecified atom stereocenters. The summed E-state index contributed by atoms with van der Waals surface area (Å²) in [6.45, 7) is 0.311. The Morgan fingerprint density at radius 1 is 1.37 bits per heavy atom. The van der Waals surface area contributed by atoms with Crippen molar-refractivity contribution in [1.82, 2.24) is 19.4 Å². The highest BCUT2D eigenvalue weighted by atomic mass is 32.1. The van der Waals surface area contributed by atoms with E-state index in [-0.39, 0.29) is 18.0 Å². The maximum Gasteiger partial charge on any atom is 0.240 e. The SMILES string of the molecule is COc1ccc2nc(NC(=O)CN3[C@@H]4CC[C@@H]3CC(O)(c3nccn3C)C4)sc2c1. The second-order valence-corrected chi connectivity index (χ2v) is 9.29. The van der Waals surface area contributed by atoms with Crippen LogP contribution < -0.4 is 10.1 Å². The van der Waals surface area contributed by atoms with Gasteiger partial charge < -0.3 is 19.7 Å². The maximum atomic E-state index is 12.8. The van der Waals surface area contributed by atoms with Gasteiger partial charge in [0.2, 0.25) is 5.91 Å². The molecule has 8 nitrogen and oxygen atoms in total. The number of carbonyl (C=O) groups is 1. The number of thiazole rings is 1. The number of aryl methyl sites for hydroxylation is 1. The van der Waals surface area contributed by atoms with Crippen LogP contribution in [0, 0.1) is 0 Å². The molecule has 2 saturated heterocycles. The summed E-state index contributed by atoms with van der Waals surface area (Å²) < 4.78 is 8.12. The molecule has 0 saturated carbocycles. The Hall–Kier alpha value is -2.49. The van der Waals surface area contributed by atoms with Gasteiger partial charge in [0, 0.05) is 31.5 Å². The Balaban J connectivity index is 1.27. The van der Waals surface area contributed by atoms with Crippen LogP contribution in [-0.2, 0) is 17.4 Å². The van der Waals surface area contributed by atoms with Gasteiger partial charge in [0.1, 0.15) is 17.2 Å². The molecule has 158 valence electrons. The van der Waals surface area contributed by atoms with Crippen LogP contribution in [0.15, 0.2) is 30.6 Å². The Kier molecular flexibility index (Phi) is 4.76. The molecule has 2 aliphatic heterocycles. The predicted molar refractivity (Wildman–Crippen MR) is 115 cm³/mol. The van der Waals surface area contributed by atoms with Gasteiger partial charge in [0.15, 0.2) is 5.13 Å². The first-order valence-corrected chi connectivity index (χ1v) is 11.0. The van der Waals surface area contributed by atoms with Gasteiger partial charge in [-0.25, -0.2) is 9.97 Å². The Morgan fingerprint density at radius 3 is 2.80 bits per heavy atom. The molecular formula is C21H25N5O3S. The van der Waals surface area contributed by atoms with Crippen molar-refractivity contribution in [3.8, 4) is 5.75 Å². The molecule has 2 aromatic heterocycles. The highest BCUT2D eigenvalue weighted by Crippen LogP contribution is 2.45. The minimum Gasteiger partial charge on any atom is -0.497 e. The van der Waals surface area contributed by atoms with Gasteiger partial charge in [-0.2, -0.15) is 0 Å². The van der Waals surface area contributed by atoms with E-state index < -0.39 is 5.60 Å². The zero-order chi connectivity index (χ0) is 20.9. The topological polar surface area (TPSA) is 92.5 Å². The lowest BCUT2D eigenvalue weighted by atomic mass is 9.85. The lowest BCUT2D eigenvalue weighted by Gasteiger charge is -2.43. The number of aromatic nitrogens is 3. The van der Waals surface area contributed by atoms with Crippen molar-refractivity contribution in [2.45, 2.75) is 43.4 Å². The summed E-state index contributed by atoms with van der Waals surface area (Å²) in [6, 6.07) is 6.03. The quantitative estimate of drug-likeness (QED) is 0.650. The van der Waals surface area contributed by atoms with E-state index in [1.165, 1.54) is 11.3 Å². The van der Waals surface area contributed by atoms with Crippen LogP contribution in [-0.4, -0.2) is 56.2 Å². The summed E-state index contributed by atoms with van der Waals surface area (Å²) in [5.41, 5.74) is -0.0855. The Labute approximate surface area is 178 Å². The van der Waals surface area contributed by atoms with Crippen LogP contribution in [0.1, 0.15) is 31.5 Å². The highest BCUT2D eigenvalue weighted by molar-refractivity contribution is 7.22. The van der Waals surface area contributed by atoms with Crippen molar-refractivity contribution in [3.05, 3.63) is 36.4 Å². The molecule has 1 amide bonds. The maximum absolute atomic E-state index is 12.8. The summed E-state index contributed by atoms with van der Waals surface area (Å²) in [5, 5.41) is 14.8. The molecule has 9 heteroatoms. The van der Waals surface area contributed by atoms with Crippen LogP contribution in [0.25, 0.3) is 10.2 Å². The number of amides is 1. The second kappa shape index (κ2) is 7.33. The zero-order valence-electron chi connectivity index (χ0n) is 17.0. The standard InChI is InChI=1S/C21H25N5O3S/c1-25-8-7-22-19(25)21(28)10-13-3-4-14(11-21)26(13)12-18(27)24-20-23-16-6-5-15(29-2)9-17(16)30-20/h5-9,13-14,28H,3-4,10-12H2,1-2H3,(H,23,24,27)/t13-,14-/m1/s1. The molecular weight excluding hydrogens is 402 g/mol. The van der Waals surface area contributed by atoms with E-state index in [0.29, 0.717) is 30.3 Å². The van der Waals surface area contributed by atoms with Crippen molar-refractivity contribution >= 4 is 32.6 Å². The molecule has 4 heterocycles. The van der Waals surface area contributed by atoms with Crippen LogP contribution in [0.3, 0.4) is 0 Å². The Bertz CT molecular complexity index is 1080. The summed E-state index contributed by atoms with van der Waals surface area (Å²) >= 11 is 1.44. The van der Waals surface area contributed by atoms with Crippen molar-refractivity contribution in [3.63, 3.8) is 0 Å². The molecule has 5 rings (SSSR count). The van der Waals surface area contributed by atoms with Crippen LogP contribution in [0.5, 0.6) is 5.75 Å². The largest absolute Gasteiger partial charge is 0.497 e. The summed E-state index contributed by atoms with van der Waals surface area (Å²) in [4.78, 5) is 23.9. The number of hydrogen-bond donors (Lipinski definition) is 2. The van der Waals surface area contributed by atoms with Crippen molar-refractivity contribution in [2.24, 2.45) is 7.05 Å². The number of rotatable bonds is 5. The fraction of sp³-hybridized carbons (Fsp3) is 0.476. The molecule has 0 radical (unpaired) electrons. The lowest BCUT2D eigenvalue weighted by molar-refractivity contribution is -0.121. The fourth-order valence-electron chi connectivity index (χ4n) is 4.98. The van der Waals surface area contributed by atoms with E-state index in [4.69, 9.17) is 4.74 Å². The number of hydrogen-bond acceptors (Lipinski definition) is 7. The summed E-state index contributed by atoms with van der Waals surface area (Å²) in [7, 11) is 3.54. The number of nitrogens with one attached hydrogen (secondary N) is 1. The first kappa shape index (κ1) is 19.5. The van der Waals surface area contributed by atoms with E-state index in [2.05, 4.69) is 20.2 Å². The van der Waals surface area contributed by atoms with Crippen LogP contribution in [0.2, 0.25) is 0 Å². The third-order valence-corrected chi connectivity index (χ3v) is 7.26. The normalized spacial score (nSPS) is 26.2. The molecule has 1 aromatic carbocycles. The van der Waals surface area contributed by atoms with Gasteiger partial charge in [-0.1, -0.05) is 11.3 Å². The number of methoxy groups -OCH3 is 1. The zero-order valence-corrected chi connectivity index (χ0v) is 17.9. The van der Waals surface area contributed by atoms with Crippen LogP contribution in [0.4, 0.5) is 5.13 Å². The molecule has 2 bridgehead atoms. The lowest BCUT2D eigenvalue weighted by Crippen LogP contribution is -2.52. The minimum atomic E-state index is -0.927. The average molecular weight is 428 g/mol. The molecule has 2 fully saturated rings. The predicted octanol–water partition coefficient (Wildman–Crippen LogP) is 2.49. The van der Waals surface area contributed by atoms with Crippen molar-refractivity contribution < 1.29 is 14.6 Å². The molecule has 2 N–H and O–H groups in total. The van der Waals surface area contributed by atoms with Gasteiger partial charge in [-0.15, -0.1) is 0 Å². The molecule has 0 aliphatic carbocycles. The van der Waals surface area contributed by atoms with Crippen molar-refractivity contribution in [2.75, 3.05) is 19.0 Å². The summed E-state index contributed by atoms with van der Waals surface area (Å²) in [5.74, 6) is 1.42. The molecule has 2 atom stereocenters. The van der Waals surface area contributed by atoms with Crippen LogP contribution >= 0.6 is 11.3 Å². The van der Waals surface area contributed by atoms with E-state index in [9.17, 15) is 9.90 Å². The number of ether oxygens (including phenoxy) is 1. The number of aliphatic hydroxyl groups is 1. The number of imidazole rings is 1. The van der Waals surface area contributed by atoms with E-state index in [0.717, 1.165) is 28.8 Å². The highest BCUT2D eigenvalue weighted by Gasteiger charge is 2.50. The number of anilines is 1. The fourth-order valence-corrected chi connectivity index (χ4v) is 5.89. The molecule has 0 spiro atoms. The number of nitrogens with zero attached hydrogens (tertiary/aromatic N) is 4. The summed E-state index contributed by atoms with van der Waals surface area (Å²) in [6.07, 6.45) is 6.77. The molecule has 2 aliphatic rings. The van der Waals surface area contributed by atoms with Gasteiger partial charge >= 0.3 is 0 Å². The third kappa shape index (κ3) is 3.36. The van der Waals surface area contributed by atoms with E-state index >= 15 is 0 Å². The van der Waals surface area contributed by atoms with Gasteiger partial charge in [-0.3, -0.25) is 9.69 Å². The van der Waals surface area contributed by atoms with E-state index in [1.54, 1.807) is 13.3 Å². The third-order valence-electron chi connectivity index (χ3n) is 6.32. The first-order chi connectivity index (χ1) is 14.4. The van der Waals surface area contributed by atoms with Gasteiger partial charge in [-0.05, 0) is 43.9 Å². The monoisotopic (exact) mass is 427 g/mol. The van der Waals surface area contributed by atoms with E-state index in [1.807, 2.05) is 36.0 Å². The number of carbonyl (C=O) groups excluding carboxylic acids is 1. The molecule has 30 heavy (non-hydrogen) atoms. The smallest absolute Gasteiger partial charge is 0.240 e. The average Bonchev–Trinajstić information content (AvgIpc) is 3.38. The van der Waals surface area contributed by atoms with Gasteiger partial charge in [0.25, 0.3) is 0 Å².